The first-order chi connectivity index (χ1) is 19.6. The fraction of sp³-hybridized carbons (Fsp3) is 0.100. The van der Waals surface area contributed by atoms with Crippen LogP contribution < -0.4 is 10.4 Å². The fourth-order valence-electron chi connectivity index (χ4n) is 4.26. The molecular formula is C30H21F4N3O4. The topological polar surface area (TPSA) is 86.3 Å². The minimum absolute atomic E-state index is 0.0189. The van der Waals surface area contributed by atoms with Crippen molar-refractivity contribution in [2.45, 2.75) is 19.2 Å². The number of aliphatic carboxylic acids is 1. The summed E-state index contributed by atoms with van der Waals surface area (Å²) < 4.78 is 61.5. The molecule has 5 aromatic rings. The molecule has 0 atom stereocenters. The van der Waals surface area contributed by atoms with Crippen molar-refractivity contribution in [2.75, 3.05) is 0 Å². The Labute approximate surface area is 230 Å². The van der Waals surface area contributed by atoms with E-state index in [-0.39, 0.29) is 30.2 Å². The minimum atomic E-state index is -4.55. The number of carboxylic acid groups (broad SMARTS) is 1. The molecule has 1 aromatic heterocycles. The van der Waals surface area contributed by atoms with Gasteiger partial charge < -0.3 is 9.84 Å². The van der Waals surface area contributed by atoms with Crippen molar-refractivity contribution in [1.82, 2.24) is 14.3 Å². The first-order valence-corrected chi connectivity index (χ1v) is 12.3. The Bertz CT molecular complexity index is 1760. The van der Waals surface area contributed by atoms with Gasteiger partial charge in [0.2, 0.25) is 0 Å². The van der Waals surface area contributed by atoms with Gasteiger partial charge in [-0.3, -0.25) is 4.79 Å². The van der Waals surface area contributed by atoms with Gasteiger partial charge in [0.1, 0.15) is 18.2 Å². The van der Waals surface area contributed by atoms with E-state index in [9.17, 15) is 27.2 Å². The predicted molar refractivity (Wildman–Crippen MR) is 142 cm³/mol. The van der Waals surface area contributed by atoms with Crippen LogP contribution in [0.5, 0.6) is 5.75 Å². The maximum atomic E-state index is 14.7. The molecule has 0 unspecified atom stereocenters. The lowest BCUT2D eigenvalue weighted by Gasteiger charge is -2.09. The van der Waals surface area contributed by atoms with Gasteiger partial charge in [0, 0.05) is 0 Å². The van der Waals surface area contributed by atoms with E-state index in [4.69, 9.17) is 9.84 Å². The number of hydrogen-bond donors (Lipinski definition) is 1. The van der Waals surface area contributed by atoms with Gasteiger partial charge >= 0.3 is 17.8 Å². The number of para-hydroxylation sites is 1. The molecule has 0 bridgehead atoms. The second-order valence-electron chi connectivity index (χ2n) is 9.03. The van der Waals surface area contributed by atoms with Gasteiger partial charge in [-0.05, 0) is 65.2 Å². The molecule has 0 aliphatic heterocycles. The molecule has 1 N–H and O–H groups in total. The summed E-state index contributed by atoms with van der Waals surface area (Å²) in [6, 6.07) is 23.5. The van der Waals surface area contributed by atoms with Crippen LogP contribution in [0.4, 0.5) is 17.6 Å². The molecule has 0 aliphatic rings. The zero-order chi connectivity index (χ0) is 29.1. The van der Waals surface area contributed by atoms with E-state index in [1.54, 1.807) is 42.5 Å². The highest BCUT2D eigenvalue weighted by atomic mass is 19.4. The zero-order valence-corrected chi connectivity index (χ0v) is 21.2. The lowest BCUT2D eigenvalue weighted by Crippen LogP contribution is -2.24. The molecule has 1 heterocycles. The summed E-state index contributed by atoms with van der Waals surface area (Å²) in [4.78, 5) is 24.3. The SMILES string of the molecule is O=C(O)Cc1cccc(-c2ccc(OCc3nn(-c4ccc(C(F)(F)F)cc4)c(=O)n3-c3ccccc3F)cc2)c1. The van der Waals surface area contributed by atoms with Crippen LogP contribution in [0.3, 0.4) is 0 Å². The Morgan fingerprint density at radius 2 is 1.59 bits per heavy atom. The number of ether oxygens (including phenoxy) is 1. The average Bonchev–Trinajstić information content (AvgIpc) is 3.27. The van der Waals surface area contributed by atoms with Crippen LogP contribution in [0, 0.1) is 5.82 Å². The fourth-order valence-corrected chi connectivity index (χ4v) is 4.26. The van der Waals surface area contributed by atoms with E-state index >= 15 is 0 Å². The van der Waals surface area contributed by atoms with E-state index in [2.05, 4.69) is 5.10 Å². The van der Waals surface area contributed by atoms with Gasteiger partial charge in [0.15, 0.2) is 5.82 Å². The van der Waals surface area contributed by atoms with E-state index in [0.717, 1.165) is 44.6 Å². The Morgan fingerprint density at radius 1 is 0.878 bits per heavy atom. The number of carbonyl (C=O) groups is 1. The van der Waals surface area contributed by atoms with E-state index in [1.165, 1.54) is 24.3 Å². The number of carboxylic acids is 1. The predicted octanol–water partition coefficient (Wildman–Crippen LogP) is 6.05. The number of aromatic nitrogens is 3. The molecule has 41 heavy (non-hydrogen) atoms. The number of nitrogens with zero attached hydrogens (tertiary/aromatic N) is 3. The van der Waals surface area contributed by atoms with Crippen molar-refractivity contribution >= 4 is 5.97 Å². The van der Waals surface area contributed by atoms with Crippen molar-refractivity contribution in [1.29, 1.82) is 0 Å². The molecule has 0 aliphatic carbocycles. The van der Waals surface area contributed by atoms with Gasteiger partial charge in [-0.15, -0.1) is 5.10 Å². The van der Waals surface area contributed by atoms with Crippen LogP contribution in [0.25, 0.3) is 22.5 Å². The zero-order valence-electron chi connectivity index (χ0n) is 21.2. The molecule has 0 radical (unpaired) electrons. The van der Waals surface area contributed by atoms with E-state index in [1.807, 2.05) is 6.07 Å². The smallest absolute Gasteiger partial charge is 0.416 e. The van der Waals surface area contributed by atoms with Crippen molar-refractivity contribution in [3.63, 3.8) is 0 Å². The Kier molecular flexibility index (Phi) is 7.43. The van der Waals surface area contributed by atoms with Crippen molar-refractivity contribution in [2.24, 2.45) is 0 Å². The normalized spacial score (nSPS) is 11.4. The Hall–Kier alpha value is -5.19. The van der Waals surface area contributed by atoms with Crippen LogP contribution in [0.2, 0.25) is 0 Å². The van der Waals surface area contributed by atoms with Gasteiger partial charge in [-0.1, -0.05) is 48.5 Å². The summed E-state index contributed by atoms with van der Waals surface area (Å²) in [7, 11) is 0. The number of halogens is 4. The summed E-state index contributed by atoms with van der Waals surface area (Å²) in [6.45, 7) is -0.259. The van der Waals surface area contributed by atoms with Crippen LogP contribution in [-0.4, -0.2) is 25.4 Å². The molecule has 11 heteroatoms. The van der Waals surface area contributed by atoms with Crippen LogP contribution in [0.1, 0.15) is 17.0 Å². The molecular weight excluding hydrogens is 542 g/mol. The second kappa shape index (κ2) is 11.1. The maximum absolute atomic E-state index is 14.7. The van der Waals surface area contributed by atoms with E-state index < -0.39 is 29.2 Å². The molecule has 4 aromatic carbocycles. The van der Waals surface area contributed by atoms with Crippen LogP contribution in [-0.2, 0) is 24.0 Å². The standard InChI is InChI=1S/C30H21F4N3O4/c31-25-6-1-2-7-26(25)36-27(35-37(29(36)40)23-12-10-22(11-13-23)30(32,33)34)18-41-24-14-8-20(9-15-24)21-5-3-4-19(16-21)17-28(38)39/h1-16H,17-18H2,(H,38,39). The third-order valence-corrected chi connectivity index (χ3v) is 6.22. The highest BCUT2D eigenvalue weighted by Gasteiger charge is 2.30. The van der Waals surface area contributed by atoms with Gasteiger partial charge in [0.05, 0.1) is 23.4 Å². The quantitative estimate of drug-likeness (QED) is 0.232. The highest BCUT2D eigenvalue weighted by Crippen LogP contribution is 2.29. The molecule has 0 saturated heterocycles. The van der Waals surface area contributed by atoms with Crippen molar-refractivity contribution in [3.8, 4) is 28.3 Å². The van der Waals surface area contributed by atoms with Crippen LogP contribution in [0.15, 0.2) is 102 Å². The number of benzene rings is 4. The third-order valence-electron chi connectivity index (χ3n) is 6.22. The number of hydrogen-bond acceptors (Lipinski definition) is 4. The van der Waals surface area contributed by atoms with Gasteiger partial charge in [-0.2, -0.15) is 17.9 Å². The van der Waals surface area contributed by atoms with Gasteiger partial charge in [-0.25, -0.2) is 13.8 Å². The Balaban J connectivity index is 1.43. The summed E-state index contributed by atoms with van der Waals surface area (Å²) in [6.07, 6.45) is -4.65. The highest BCUT2D eigenvalue weighted by molar-refractivity contribution is 5.72. The largest absolute Gasteiger partial charge is 0.486 e. The minimum Gasteiger partial charge on any atom is -0.486 e. The average molecular weight is 564 g/mol. The monoisotopic (exact) mass is 563 g/mol. The first-order valence-electron chi connectivity index (χ1n) is 12.3. The summed E-state index contributed by atoms with van der Waals surface area (Å²) >= 11 is 0. The molecule has 7 nitrogen and oxygen atoms in total. The Morgan fingerprint density at radius 3 is 2.24 bits per heavy atom. The molecule has 0 saturated carbocycles. The van der Waals surface area contributed by atoms with Gasteiger partial charge in [0.25, 0.3) is 0 Å². The van der Waals surface area contributed by atoms with Crippen molar-refractivity contribution < 1.29 is 32.2 Å². The number of alkyl halides is 3. The third kappa shape index (κ3) is 6.03. The molecule has 0 amide bonds. The maximum Gasteiger partial charge on any atom is 0.416 e. The summed E-state index contributed by atoms with van der Waals surface area (Å²) in [5.41, 5.74) is 0.594. The number of rotatable bonds is 8. The summed E-state index contributed by atoms with van der Waals surface area (Å²) in [5, 5.41) is 13.3. The summed E-state index contributed by atoms with van der Waals surface area (Å²) in [5.74, 6) is -1.20. The van der Waals surface area contributed by atoms with Crippen LogP contribution >= 0.6 is 0 Å². The van der Waals surface area contributed by atoms with E-state index in [0.29, 0.717) is 11.3 Å². The molecule has 0 spiro atoms. The molecule has 208 valence electrons. The molecule has 0 fully saturated rings. The first kappa shape index (κ1) is 27.4. The van der Waals surface area contributed by atoms with Crippen molar-refractivity contribution in [3.05, 3.63) is 130 Å². The lowest BCUT2D eigenvalue weighted by molar-refractivity contribution is -0.138. The molecule has 5 rings (SSSR count). The lowest BCUT2D eigenvalue weighted by atomic mass is 10.0. The second-order valence-corrected chi connectivity index (χ2v) is 9.03.